The van der Waals surface area contributed by atoms with Crippen LogP contribution in [0.2, 0.25) is 0 Å². The van der Waals surface area contributed by atoms with E-state index in [1.54, 1.807) is 0 Å². The van der Waals surface area contributed by atoms with E-state index in [9.17, 15) is 5.11 Å². The third kappa shape index (κ3) is 1.19. The van der Waals surface area contributed by atoms with E-state index in [4.69, 9.17) is 0 Å². The molecule has 0 saturated heterocycles. The van der Waals surface area contributed by atoms with Gasteiger partial charge in [0.2, 0.25) is 0 Å². The first kappa shape index (κ1) is 7.68. The van der Waals surface area contributed by atoms with Gasteiger partial charge in [-0.05, 0) is 0 Å². The minimum atomic E-state index is 0.415. The van der Waals surface area contributed by atoms with Crippen molar-refractivity contribution < 1.29 is 5.11 Å². The predicted molar refractivity (Wildman–Crippen MR) is 43.0 cm³/mol. The van der Waals surface area contributed by atoms with Gasteiger partial charge >= 0.3 is 69.2 Å². The van der Waals surface area contributed by atoms with E-state index >= 15 is 0 Å². The van der Waals surface area contributed by atoms with Crippen LogP contribution in [-0.4, -0.2) is 22.0 Å². The van der Waals surface area contributed by atoms with Gasteiger partial charge in [-0.15, -0.1) is 0 Å². The molecule has 0 atom stereocenters. The monoisotopic (exact) mass is 196 g/mol. The predicted octanol–water partition coefficient (Wildman–Crippen LogP) is 0.803. The summed E-state index contributed by atoms with van der Waals surface area (Å²) in [5, 5.41) is 9.38. The molecular weight excluding hydrogens is 187 g/mol. The molecule has 0 aliphatic rings. The van der Waals surface area contributed by atoms with Crippen LogP contribution in [0.25, 0.3) is 0 Å². The van der Waals surface area contributed by atoms with E-state index in [1.165, 1.54) is 0 Å². The van der Waals surface area contributed by atoms with Gasteiger partial charge in [0, 0.05) is 0 Å². The number of hydrogen-bond acceptors (Lipinski definition) is 1. The number of aromatic hydroxyl groups is 1. The van der Waals surface area contributed by atoms with Crippen molar-refractivity contribution in [2.45, 2.75) is 13.8 Å². The Labute approximate surface area is 69.6 Å². The fourth-order valence-electron chi connectivity index (χ4n) is 0.825. The molecular formula is C8H9AsO. The first-order valence-corrected chi connectivity index (χ1v) is 4.05. The van der Waals surface area contributed by atoms with Crippen LogP contribution in [0, 0.1) is 13.8 Å². The maximum absolute atomic E-state index is 9.38. The van der Waals surface area contributed by atoms with Crippen molar-refractivity contribution in [1.82, 2.24) is 0 Å². The summed E-state index contributed by atoms with van der Waals surface area (Å²) in [6, 6.07) is 3.90. The summed E-state index contributed by atoms with van der Waals surface area (Å²) in [6.45, 7) is 3.81. The molecule has 1 nitrogen and oxygen atoms in total. The molecule has 52 valence electrons. The second-order valence-corrected chi connectivity index (χ2v) is 3.39. The molecule has 1 aromatic rings. The average Bonchev–Trinajstić information content (AvgIpc) is 1.93. The molecule has 0 fully saturated rings. The van der Waals surface area contributed by atoms with E-state index in [0.717, 1.165) is 15.5 Å². The molecule has 0 aromatic heterocycles. The van der Waals surface area contributed by atoms with Gasteiger partial charge in [-0.3, -0.25) is 0 Å². The molecule has 1 aromatic carbocycles. The molecule has 0 amide bonds. The standard InChI is InChI=1S/C8H9AsO/c1-5-3-4-7(9)6(2)8(5)10/h3-4,10H,1-2H3. The van der Waals surface area contributed by atoms with E-state index in [0.29, 0.717) is 5.75 Å². The fourth-order valence-corrected chi connectivity index (χ4v) is 1.20. The van der Waals surface area contributed by atoms with Crippen molar-refractivity contribution in [3.8, 4) is 5.75 Å². The summed E-state index contributed by atoms with van der Waals surface area (Å²) >= 11 is 2.44. The summed E-state index contributed by atoms with van der Waals surface area (Å²) in [7, 11) is 0. The Morgan fingerprint density at radius 3 is 2.40 bits per heavy atom. The first-order valence-electron chi connectivity index (χ1n) is 3.11. The molecule has 1 rings (SSSR count). The van der Waals surface area contributed by atoms with Crippen LogP contribution in [-0.2, 0) is 0 Å². The zero-order valence-corrected chi connectivity index (χ0v) is 7.93. The molecule has 0 aliphatic heterocycles. The Morgan fingerprint density at radius 1 is 1.30 bits per heavy atom. The van der Waals surface area contributed by atoms with Gasteiger partial charge in [-0.1, -0.05) is 0 Å². The molecule has 10 heavy (non-hydrogen) atoms. The summed E-state index contributed by atoms with van der Waals surface area (Å²) in [5.41, 5.74) is 1.90. The first-order chi connectivity index (χ1) is 4.63. The maximum atomic E-state index is 9.38. The fraction of sp³-hybridized carbons (Fsp3) is 0.250. The third-order valence-electron chi connectivity index (χ3n) is 1.60. The molecule has 2 radical (unpaired) electrons. The van der Waals surface area contributed by atoms with Crippen LogP contribution in [0.3, 0.4) is 0 Å². The Balaban J connectivity index is 3.34. The van der Waals surface area contributed by atoms with E-state index in [2.05, 4.69) is 16.9 Å². The van der Waals surface area contributed by atoms with Crippen molar-refractivity contribution in [1.29, 1.82) is 0 Å². The van der Waals surface area contributed by atoms with Crippen LogP contribution in [0.4, 0.5) is 0 Å². The molecule has 0 saturated carbocycles. The van der Waals surface area contributed by atoms with Crippen LogP contribution < -0.4 is 4.35 Å². The minimum absolute atomic E-state index is 0.415. The Bertz CT molecular complexity index is 229. The van der Waals surface area contributed by atoms with Crippen LogP contribution in [0.5, 0.6) is 5.75 Å². The van der Waals surface area contributed by atoms with Gasteiger partial charge in [0.1, 0.15) is 0 Å². The second kappa shape index (κ2) is 2.67. The van der Waals surface area contributed by atoms with Crippen molar-refractivity contribution in [2.75, 3.05) is 0 Å². The van der Waals surface area contributed by atoms with E-state index in [1.807, 2.05) is 26.0 Å². The van der Waals surface area contributed by atoms with Crippen LogP contribution in [0.1, 0.15) is 11.1 Å². The number of benzene rings is 1. The Kier molecular flexibility index (Phi) is 2.05. The molecule has 2 heteroatoms. The van der Waals surface area contributed by atoms with Gasteiger partial charge in [0.05, 0.1) is 0 Å². The van der Waals surface area contributed by atoms with Gasteiger partial charge in [0.15, 0.2) is 0 Å². The van der Waals surface area contributed by atoms with Crippen molar-refractivity contribution in [3.63, 3.8) is 0 Å². The zero-order valence-electron chi connectivity index (χ0n) is 6.05. The molecule has 0 spiro atoms. The van der Waals surface area contributed by atoms with E-state index in [-0.39, 0.29) is 0 Å². The van der Waals surface area contributed by atoms with Crippen molar-refractivity contribution in [2.24, 2.45) is 0 Å². The Hall–Kier alpha value is -0.422. The Morgan fingerprint density at radius 2 is 1.90 bits per heavy atom. The number of rotatable bonds is 0. The van der Waals surface area contributed by atoms with Gasteiger partial charge in [-0.25, -0.2) is 0 Å². The summed E-state index contributed by atoms with van der Waals surface area (Å²) in [5.74, 6) is 0.415. The summed E-state index contributed by atoms with van der Waals surface area (Å²) in [4.78, 5) is 0. The quantitative estimate of drug-likeness (QED) is 0.608. The van der Waals surface area contributed by atoms with Gasteiger partial charge in [-0.2, -0.15) is 0 Å². The number of phenols is 1. The van der Waals surface area contributed by atoms with Crippen molar-refractivity contribution >= 4 is 21.2 Å². The number of hydrogen-bond donors (Lipinski definition) is 1. The SMILES string of the molecule is Cc1ccc([As])c(C)c1O. The van der Waals surface area contributed by atoms with Crippen molar-refractivity contribution in [3.05, 3.63) is 23.3 Å². The molecule has 0 unspecified atom stereocenters. The van der Waals surface area contributed by atoms with E-state index < -0.39 is 0 Å². The third-order valence-corrected chi connectivity index (χ3v) is 2.62. The summed E-state index contributed by atoms with van der Waals surface area (Å²) in [6.07, 6.45) is 0. The van der Waals surface area contributed by atoms with Crippen LogP contribution >= 0.6 is 0 Å². The molecule has 0 heterocycles. The van der Waals surface area contributed by atoms with Crippen LogP contribution in [0.15, 0.2) is 12.1 Å². The zero-order chi connectivity index (χ0) is 7.72. The molecule has 0 aliphatic carbocycles. The number of phenolic OH excluding ortho intramolecular Hbond substituents is 1. The van der Waals surface area contributed by atoms with Gasteiger partial charge in [0.25, 0.3) is 0 Å². The number of aryl methyl sites for hydroxylation is 1. The molecule has 0 bridgehead atoms. The second-order valence-electron chi connectivity index (χ2n) is 2.38. The molecule has 1 N–H and O–H groups in total. The van der Waals surface area contributed by atoms with Gasteiger partial charge < -0.3 is 0 Å². The normalized spacial score (nSPS) is 9.90. The topological polar surface area (TPSA) is 20.2 Å². The average molecular weight is 196 g/mol. The summed E-state index contributed by atoms with van der Waals surface area (Å²) < 4.78 is 1.08.